The van der Waals surface area contributed by atoms with Crippen molar-refractivity contribution in [2.45, 2.75) is 25.8 Å². The Balaban J connectivity index is 1.97. The van der Waals surface area contributed by atoms with Crippen molar-refractivity contribution in [3.63, 3.8) is 0 Å². The molecule has 1 aromatic carbocycles. The molecule has 21 heavy (non-hydrogen) atoms. The van der Waals surface area contributed by atoms with E-state index in [2.05, 4.69) is 27.6 Å². The monoisotopic (exact) mass is 291 g/mol. The first-order valence-corrected chi connectivity index (χ1v) is 7.07. The van der Waals surface area contributed by atoms with Gasteiger partial charge in [-0.25, -0.2) is 4.79 Å². The van der Waals surface area contributed by atoms with Gasteiger partial charge in [0.05, 0.1) is 13.2 Å². The van der Waals surface area contributed by atoms with E-state index in [1.165, 1.54) is 7.11 Å². The highest BCUT2D eigenvalue weighted by molar-refractivity contribution is 5.95. The highest BCUT2D eigenvalue weighted by Crippen LogP contribution is 2.19. The molecule has 3 N–H and O–H groups in total. The number of hydrogen-bond acceptors (Lipinski definition) is 4. The average Bonchev–Trinajstić information content (AvgIpc) is 2.47. The number of carbonyl (C=O) groups excluding carboxylic acids is 2. The van der Waals surface area contributed by atoms with E-state index in [0.29, 0.717) is 17.3 Å². The molecular formula is C15H21N3O3. The summed E-state index contributed by atoms with van der Waals surface area (Å²) in [5.74, 6) is 0.506. The van der Waals surface area contributed by atoms with Crippen LogP contribution in [0.1, 0.15) is 19.8 Å². The number of nitrogens with one attached hydrogen (secondary N) is 3. The molecule has 1 saturated heterocycles. The van der Waals surface area contributed by atoms with Crippen LogP contribution >= 0.6 is 0 Å². The van der Waals surface area contributed by atoms with Crippen LogP contribution in [-0.2, 0) is 9.53 Å². The Morgan fingerprint density at radius 2 is 2.00 bits per heavy atom. The standard InChI is InChI=1S/C15H21N3O3/c1-10-6-7-16-13(8-10)14(19)17-11-4-3-5-12(9-11)18-15(20)21-2/h3-5,9-10,13,16H,6-8H2,1-2H3,(H,17,19)(H,18,20). The second kappa shape index (κ2) is 7.08. The number of benzene rings is 1. The summed E-state index contributed by atoms with van der Waals surface area (Å²) in [4.78, 5) is 23.4. The molecule has 1 aliphatic heterocycles. The minimum Gasteiger partial charge on any atom is -0.453 e. The van der Waals surface area contributed by atoms with Crippen molar-refractivity contribution in [3.05, 3.63) is 24.3 Å². The summed E-state index contributed by atoms with van der Waals surface area (Å²) in [6.07, 6.45) is 1.40. The van der Waals surface area contributed by atoms with Gasteiger partial charge in [0.2, 0.25) is 5.91 Å². The molecule has 2 amide bonds. The van der Waals surface area contributed by atoms with Gasteiger partial charge in [0, 0.05) is 11.4 Å². The molecule has 0 aromatic heterocycles. The molecular weight excluding hydrogens is 270 g/mol. The molecule has 2 unspecified atom stereocenters. The highest BCUT2D eigenvalue weighted by Gasteiger charge is 2.24. The number of carbonyl (C=O) groups is 2. The zero-order valence-electron chi connectivity index (χ0n) is 12.3. The van der Waals surface area contributed by atoms with Crippen LogP contribution in [0.4, 0.5) is 16.2 Å². The van der Waals surface area contributed by atoms with Gasteiger partial charge in [0.15, 0.2) is 0 Å². The molecule has 0 saturated carbocycles. The third-order valence-electron chi connectivity index (χ3n) is 3.54. The Hall–Kier alpha value is -2.08. The summed E-state index contributed by atoms with van der Waals surface area (Å²) in [5.41, 5.74) is 1.22. The van der Waals surface area contributed by atoms with Gasteiger partial charge in [-0.1, -0.05) is 13.0 Å². The summed E-state index contributed by atoms with van der Waals surface area (Å²) in [6, 6.07) is 6.81. The van der Waals surface area contributed by atoms with Crippen molar-refractivity contribution in [3.8, 4) is 0 Å². The van der Waals surface area contributed by atoms with Gasteiger partial charge in [0.1, 0.15) is 0 Å². The van der Waals surface area contributed by atoms with Gasteiger partial charge >= 0.3 is 6.09 Å². The Morgan fingerprint density at radius 1 is 1.29 bits per heavy atom. The lowest BCUT2D eigenvalue weighted by Crippen LogP contribution is -2.45. The van der Waals surface area contributed by atoms with E-state index >= 15 is 0 Å². The largest absolute Gasteiger partial charge is 0.453 e. The number of methoxy groups -OCH3 is 1. The fraction of sp³-hybridized carbons (Fsp3) is 0.467. The predicted molar refractivity (Wildman–Crippen MR) is 81.3 cm³/mol. The van der Waals surface area contributed by atoms with Gasteiger partial charge in [-0.05, 0) is 43.5 Å². The molecule has 0 aliphatic carbocycles. The van der Waals surface area contributed by atoms with Crippen LogP contribution in [0.3, 0.4) is 0 Å². The Morgan fingerprint density at radius 3 is 2.67 bits per heavy atom. The van der Waals surface area contributed by atoms with Crippen LogP contribution < -0.4 is 16.0 Å². The van der Waals surface area contributed by atoms with E-state index in [0.717, 1.165) is 19.4 Å². The summed E-state index contributed by atoms with van der Waals surface area (Å²) < 4.78 is 4.53. The summed E-state index contributed by atoms with van der Waals surface area (Å²) in [5, 5.41) is 8.66. The predicted octanol–water partition coefficient (Wildman–Crippen LogP) is 2.19. The molecule has 6 nitrogen and oxygen atoms in total. The van der Waals surface area contributed by atoms with Crippen molar-refractivity contribution in [1.29, 1.82) is 0 Å². The van der Waals surface area contributed by atoms with Crippen molar-refractivity contribution in [2.75, 3.05) is 24.3 Å². The lowest BCUT2D eigenvalue weighted by molar-refractivity contribution is -0.119. The number of hydrogen-bond donors (Lipinski definition) is 3. The molecule has 1 fully saturated rings. The fourth-order valence-electron chi connectivity index (χ4n) is 2.38. The van der Waals surface area contributed by atoms with E-state index in [4.69, 9.17) is 0 Å². The van der Waals surface area contributed by atoms with Gasteiger partial charge in [-0.2, -0.15) is 0 Å². The zero-order chi connectivity index (χ0) is 15.2. The molecule has 6 heteroatoms. The summed E-state index contributed by atoms with van der Waals surface area (Å²) in [6.45, 7) is 3.02. The number of piperidine rings is 1. The lowest BCUT2D eigenvalue weighted by Gasteiger charge is -2.27. The number of rotatable bonds is 3. The SMILES string of the molecule is COC(=O)Nc1cccc(NC(=O)C2CC(C)CCN2)c1. The molecule has 1 aliphatic rings. The van der Waals surface area contributed by atoms with E-state index in [9.17, 15) is 9.59 Å². The summed E-state index contributed by atoms with van der Waals surface area (Å²) in [7, 11) is 1.30. The van der Waals surface area contributed by atoms with Crippen molar-refractivity contribution < 1.29 is 14.3 Å². The van der Waals surface area contributed by atoms with E-state index in [1.807, 2.05) is 0 Å². The van der Waals surface area contributed by atoms with Crippen molar-refractivity contribution >= 4 is 23.4 Å². The van der Waals surface area contributed by atoms with Gasteiger partial charge < -0.3 is 15.4 Å². The topological polar surface area (TPSA) is 79.5 Å². The maximum Gasteiger partial charge on any atom is 0.411 e. The molecule has 0 bridgehead atoms. The Labute approximate surface area is 124 Å². The Bertz CT molecular complexity index is 519. The van der Waals surface area contributed by atoms with E-state index in [1.54, 1.807) is 24.3 Å². The molecule has 0 spiro atoms. The van der Waals surface area contributed by atoms with Gasteiger partial charge in [-0.15, -0.1) is 0 Å². The molecule has 1 heterocycles. The first-order chi connectivity index (χ1) is 10.1. The van der Waals surface area contributed by atoms with Crippen LogP contribution in [0.5, 0.6) is 0 Å². The van der Waals surface area contributed by atoms with Crippen molar-refractivity contribution in [2.24, 2.45) is 5.92 Å². The van der Waals surface area contributed by atoms with Crippen LogP contribution in [0.25, 0.3) is 0 Å². The molecule has 0 radical (unpaired) electrons. The van der Waals surface area contributed by atoms with E-state index in [-0.39, 0.29) is 11.9 Å². The second-order valence-corrected chi connectivity index (χ2v) is 5.32. The van der Waals surface area contributed by atoms with Gasteiger partial charge in [0.25, 0.3) is 0 Å². The fourth-order valence-corrected chi connectivity index (χ4v) is 2.38. The highest BCUT2D eigenvalue weighted by atomic mass is 16.5. The average molecular weight is 291 g/mol. The molecule has 2 atom stereocenters. The zero-order valence-corrected chi connectivity index (χ0v) is 12.3. The normalized spacial score (nSPS) is 21.4. The van der Waals surface area contributed by atoms with Crippen LogP contribution in [-0.4, -0.2) is 31.7 Å². The quantitative estimate of drug-likeness (QED) is 0.797. The Kier molecular flexibility index (Phi) is 5.16. The number of ether oxygens (including phenoxy) is 1. The maximum atomic E-state index is 12.2. The second-order valence-electron chi connectivity index (χ2n) is 5.32. The lowest BCUT2D eigenvalue weighted by atomic mass is 9.94. The maximum absolute atomic E-state index is 12.2. The number of amides is 2. The third kappa shape index (κ3) is 4.46. The molecule has 114 valence electrons. The van der Waals surface area contributed by atoms with Crippen molar-refractivity contribution in [1.82, 2.24) is 5.32 Å². The first kappa shape index (κ1) is 15.3. The van der Waals surface area contributed by atoms with Crippen LogP contribution in [0, 0.1) is 5.92 Å². The number of anilines is 2. The summed E-state index contributed by atoms with van der Waals surface area (Å²) >= 11 is 0. The van der Waals surface area contributed by atoms with E-state index < -0.39 is 6.09 Å². The molecule has 2 rings (SSSR count). The third-order valence-corrected chi connectivity index (χ3v) is 3.54. The van der Waals surface area contributed by atoms with Crippen LogP contribution in [0.15, 0.2) is 24.3 Å². The minimum absolute atomic E-state index is 0.0447. The first-order valence-electron chi connectivity index (χ1n) is 7.07. The smallest absolute Gasteiger partial charge is 0.411 e. The minimum atomic E-state index is -0.541. The molecule has 1 aromatic rings. The van der Waals surface area contributed by atoms with Crippen LogP contribution in [0.2, 0.25) is 0 Å². The van der Waals surface area contributed by atoms with Gasteiger partial charge in [-0.3, -0.25) is 10.1 Å².